The smallest absolute Gasteiger partial charge is 0.281 e. The van der Waals surface area contributed by atoms with Crippen molar-refractivity contribution in [3.8, 4) is 0 Å². The van der Waals surface area contributed by atoms with Crippen molar-refractivity contribution in [3.05, 3.63) is 11.3 Å². The van der Waals surface area contributed by atoms with E-state index in [9.17, 15) is 8.42 Å². The van der Waals surface area contributed by atoms with Gasteiger partial charge in [0, 0.05) is 18.3 Å². The molecule has 68 valence electrons. The molecule has 0 aromatic carbocycles. The molecule has 0 saturated carbocycles. The normalized spacial score (nSPS) is 12.0. The van der Waals surface area contributed by atoms with E-state index in [0.717, 1.165) is 5.69 Å². The van der Waals surface area contributed by atoms with Gasteiger partial charge in [0.15, 0.2) is 0 Å². The Morgan fingerprint density at radius 3 is 2.08 bits per heavy atom. The molecular weight excluding hydrogens is 180 g/mol. The van der Waals surface area contributed by atoms with Crippen molar-refractivity contribution < 1.29 is 13.0 Å². The third-order valence-electron chi connectivity index (χ3n) is 1.83. The molecule has 0 aliphatic heterocycles. The topological polar surface area (TPSA) is 72.2 Å². The van der Waals surface area contributed by atoms with E-state index in [-0.39, 0.29) is 5.03 Å². The number of aromatic nitrogens is 2. The summed E-state index contributed by atoms with van der Waals surface area (Å²) in [5, 5.41) is 3.40. The van der Waals surface area contributed by atoms with Gasteiger partial charge in [0.2, 0.25) is 5.03 Å². The predicted octanol–water partition coefficient (Wildman–Crippen LogP) is 0.284. The molecule has 12 heavy (non-hydrogen) atoms. The minimum Gasteiger partial charge on any atom is -0.281 e. The van der Waals surface area contributed by atoms with Gasteiger partial charge in [-0.2, -0.15) is 13.5 Å². The van der Waals surface area contributed by atoms with Crippen LogP contribution in [0.1, 0.15) is 11.3 Å². The molecular formula is C6H10N2O3S. The van der Waals surface area contributed by atoms with Crippen LogP contribution in [0, 0.1) is 13.8 Å². The monoisotopic (exact) mass is 190 g/mol. The first-order chi connectivity index (χ1) is 5.34. The van der Waals surface area contributed by atoms with Crippen LogP contribution in [0.4, 0.5) is 0 Å². The van der Waals surface area contributed by atoms with Gasteiger partial charge in [0.05, 0.1) is 0 Å². The molecule has 0 bridgehead atoms. The van der Waals surface area contributed by atoms with Gasteiger partial charge in [-0.3, -0.25) is 9.23 Å². The summed E-state index contributed by atoms with van der Waals surface area (Å²) in [5.41, 5.74) is 1.21. The molecule has 0 unspecified atom stereocenters. The Morgan fingerprint density at radius 2 is 1.92 bits per heavy atom. The Labute approximate surface area is 70.8 Å². The van der Waals surface area contributed by atoms with Crippen LogP contribution in [-0.4, -0.2) is 22.8 Å². The van der Waals surface area contributed by atoms with Gasteiger partial charge < -0.3 is 0 Å². The average Bonchev–Trinajstić information content (AvgIpc) is 2.15. The molecule has 5 nitrogen and oxygen atoms in total. The van der Waals surface area contributed by atoms with Crippen molar-refractivity contribution in [1.29, 1.82) is 0 Å². The van der Waals surface area contributed by atoms with E-state index in [1.807, 2.05) is 0 Å². The van der Waals surface area contributed by atoms with Gasteiger partial charge in [-0.05, 0) is 13.8 Å². The molecule has 0 atom stereocenters. The lowest BCUT2D eigenvalue weighted by molar-refractivity contribution is 0.476. The summed E-state index contributed by atoms with van der Waals surface area (Å²) in [6.07, 6.45) is 0. The fraction of sp³-hybridized carbons (Fsp3) is 0.500. The Kier molecular flexibility index (Phi) is 1.97. The Bertz CT molecular complexity index is 405. The highest BCUT2D eigenvalue weighted by molar-refractivity contribution is 7.85. The van der Waals surface area contributed by atoms with E-state index in [1.54, 1.807) is 20.9 Å². The van der Waals surface area contributed by atoms with Gasteiger partial charge in [0.25, 0.3) is 0 Å². The summed E-state index contributed by atoms with van der Waals surface area (Å²) in [4.78, 5) is 0. The largest absolute Gasteiger partial charge is 0.314 e. The molecule has 0 aliphatic rings. The molecule has 1 aromatic rings. The maximum atomic E-state index is 10.7. The number of rotatable bonds is 1. The third-order valence-corrected chi connectivity index (χ3v) is 2.71. The van der Waals surface area contributed by atoms with Crippen molar-refractivity contribution in [2.24, 2.45) is 7.05 Å². The summed E-state index contributed by atoms with van der Waals surface area (Å²) in [5.74, 6) is 0. The van der Waals surface area contributed by atoms with Gasteiger partial charge in [-0.25, -0.2) is 0 Å². The van der Waals surface area contributed by atoms with Gasteiger partial charge >= 0.3 is 10.1 Å². The molecule has 0 spiro atoms. The van der Waals surface area contributed by atoms with Crippen LogP contribution in [-0.2, 0) is 17.2 Å². The molecule has 0 saturated heterocycles. The summed E-state index contributed by atoms with van der Waals surface area (Å²) in [7, 11) is -2.55. The Hall–Kier alpha value is -0.880. The zero-order chi connectivity index (χ0) is 9.52. The van der Waals surface area contributed by atoms with Gasteiger partial charge in [-0.1, -0.05) is 0 Å². The first kappa shape index (κ1) is 9.21. The Morgan fingerprint density at radius 1 is 1.42 bits per heavy atom. The third kappa shape index (κ3) is 1.35. The fourth-order valence-corrected chi connectivity index (χ4v) is 1.69. The van der Waals surface area contributed by atoms with Crippen molar-refractivity contribution in [2.45, 2.75) is 18.9 Å². The number of hydrogen-bond donors (Lipinski definition) is 1. The molecule has 1 rings (SSSR count). The minimum atomic E-state index is -4.17. The maximum Gasteiger partial charge on any atom is 0.314 e. The highest BCUT2D eigenvalue weighted by Crippen LogP contribution is 2.15. The second-order valence-electron chi connectivity index (χ2n) is 2.61. The molecule has 0 aliphatic carbocycles. The summed E-state index contributed by atoms with van der Waals surface area (Å²) >= 11 is 0. The van der Waals surface area contributed by atoms with Crippen LogP contribution < -0.4 is 0 Å². The predicted molar refractivity (Wildman–Crippen MR) is 42.5 cm³/mol. The fourth-order valence-electron chi connectivity index (χ4n) is 0.929. The number of hydrogen-bond acceptors (Lipinski definition) is 3. The van der Waals surface area contributed by atoms with E-state index in [1.165, 1.54) is 4.68 Å². The van der Waals surface area contributed by atoms with Gasteiger partial charge in [-0.15, -0.1) is 0 Å². The summed E-state index contributed by atoms with van der Waals surface area (Å²) in [6, 6.07) is 0. The highest BCUT2D eigenvalue weighted by Gasteiger charge is 2.19. The van der Waals surface area contributed by atoms with E-state index in [4.69, 9.17) is 4.55 Å². The van der Waals surface area contributed by atoms with Crippen LogP contribution in [0.3, 0.4) is 0 Å². The number of aryl methyl sites for hydroxylation is 1. The summed E-state index contributed by atoms with van der Waals surface area (Å²) < 4.78 is 31.5. The second kappa shape index (κ2) is 2.56. The first-order valence-corrected chi connectivity index (χ1v) is 4.75. The SMILES string of the molecule is Cc1c(S(=O)(=O)O)nn(C)c1C. The molecule has 0 fully saturated rings. The van der Waals surface area contributed by atoms with Crippen LogP contribution in [0.15, 0.2) is 5.03 Å². The zero-order valence-corrected chi connectivity index (χ0v) is 7.88. The lowest BCUT2D eigenvalue weighted by Gasteiger charge is -1.91. The van der Waals surface area contributed by atoms with Crippen LogP contribution in [0.2, 0.25) is 0 Å². The van der Waals surface area contributed by atoms with Crippen molar-refractivity contribution >= 4 is 10.1 Å². The van der Waals surface area contributed by atoms with Crippen molar-refractivity contribution in [2.75, 3.05) is 0 Å². The lowest BCUT2D eigenvalue weighted by Crippen LogP contribution is -2.01. The van der Waals surface area contributed by atoms with E-state index in [0.29, 0.717) is 5.56 Å². The molecule has 1 N–H and O–H groups in total. The highest BCUT2D eigenvalue weighted by atomic mass is 32.2. The molecule has 0 amide bonds. The standard InChI is InChI=1S/C6H10N2O3S/c1-4-5(2)8(3)7-6(4)12(9,10)11/h1-3H3,(H,9,10,11). The quantitative estimate of drug-likeness (QED) is 0.646. The van der Waals surface area contributed by atoms with E-state index in [2.05, 4.69) is 5.10 Å². The van der Waals surface area contributed by atoms with Gasteiger partial charge in [0.1, 0.15) is 0 Å². The lowest BCUT2D eigenvalue weighted by atomic mass is 10.3. The minimum absolute atomic E-state index is 0.262. The summed E-state index contributed by atoms with van der Waals surface area (Å²) in [6.45, 7) is 3.34. The molecule has 1 heterocycles. The maximum absolute atomic E-state index is 10.7. The van der Waals surface area contributed by atoms with E-state index >= 15 is 0 Å². The molecule has 6 heteroatoms. The van der Waals surface area contributed by atoms with Crippen LogP contribution in [0.25, 0.3) is 0 Å². The van der Waals surface area contributed by atoms with Crippen LogP contribution in [0.5, 0.6) is 0 Å². The Balaban J connectivity index is 3.48. The number of nitrogens with zero attached hydrogens (tertiary/aromatic N) is 2. The first-order valence-electron chi connectivity index (χ1n) is 3.31. The average molecular weight is 190 g/mol. The van der Waals surface area contributed by atoms with E-state index < -0.39 is 10.1 Å². The molecule has 0 radical (unpaired) electrons. The van der Waals surface area contributed by atoms with Crippen molar-refractivity contribution in [1.82, 2.24) is 9.78 Å². The zero-order valence-electron chi connectivity index (χ0n) is 7.07. The van der Waals surface area contributed by atoms with Crippen molar-refractivity contribution in [3.63, 3.8) is 0 Å². The molecule has 1 aromatic heterocycles. The van der Waals surface area contributed by atoms with Crippen LogP contribution >= 0.6 is 0 Å². The second-order valence-corrected chi connectivity index (χ2v) is 3.95.